The van der Waals surface area contributed by atoms with Crippen LogP contribution in [0.15, 0.2) is 42.6 Å². The molecule has 2 aromatic carbocycles. The molecule has 3 aromatic rings. The van der Waals surface area contributed by atoms with Crippen LogP contribution in [0, 0.1) is 0 Å². The number of amides is 1. The lowest BCUT2D eigenvalue weighted by atomic mass is 10.1. The van der Waals surface area contributed by atoms with Gasteiger partial charge in [0, 0.05) is 24.9 Å². The zero-order valence-electron chi connectivity index (χ0n) is 17.4. The minimum atomic E-state index is -0.232. The van der Waals surface area contributed by atoms with Crippen molar-refractivity contribution < 1.29 is 19.0 Å². The summed E-state index contributed by atoms with van der Waals surface area (Å²) in [6.45, 7) is 0. The molecular weight excluding hydrogens is 422 g/mol. The molecule has 162 valence electrons. The van der Waals surface area contributed by atoms with Gasteiger partial charge in [-0.25, -0.2) is 4.98 Å². The predicted molar refractivity (Wildman–Crippen MR) is 120 cm³/mol. The van der Waals surface area contributed by atoms with Gasteiger partial charge in [0.25, 0.3) is 5.91 Å². The molecule has 1 heterocycles. The van der Waals surface area contributed by atoms with Gasteiger partial charge in [0.15, 0.2) is 17.3 Å². The third-order valence-electron chi connectivity index (χ3n) is 4.32. The Morgan fingerprint density at radius 2 is 1.68 bits per heavy atom. The number of carbonyl (C=O) groups is 1. The van der Waals surface area contributed by atoms with Crippen LogP contribution in [0.2, 0.25) is 5.02 Å². The molecule has 1 aromatic heterocycles. The standard InChI is InChI=1S/C21H22ClN5O4/c1-23-20(28)13-7-5-6-8-15(13)26-19-14(22)11-24-21(27-19)25-12-9-16(29-2)18(31-4)17(10-12)30-3/h5-11H,1-4H3,(H,23,28)(H2,24,25,26,27). The molecule has 0 saturated carbocycles. The van der Waals surface area contributed by atoms with Gasteiger partial charge in [0.1, 0.15) is 5.02 Å². The first-order chi connectivity index (χ1) is 15.0. The topological polar surface area (TPSA) is 107 Å². The molecule has 0 aliphatic carbocycles. The van der Waals surface area contributed by atoms with Crippen LogP contribution < -0.4 is 30.2 Å². The summed E-state index contributed by atoms with van der Waals surface area (Å²) in [5, 5.41) is 9.08. The molecule has 0 aliphatic rings. The van der Waals surface area contributed by atoms with Crippen LogP contribution in [0.25, 0.3) is 0 Å². The Labute approximate surface area is 184 Å². The van der Waals surface area contributed by atoms with Crippen molar-refractivity contribution in [2.75, 3.05) is 39.0 Å². The second-order valence-electron chi connectivity index (χ2n) is 6.18. The first kappa shape index (κ1) is 22.0. The Morgan fingerprint density at radius 3 is 2.29 bits per heavy atom. The molecule has 3 N–H and O–H groups in total. The molecule has 0 bridgehead atoms. The SMILES string of the molecule is CNC(=O)c1ccccc1Nc1nc(Nc2cc(OC)c(OC)c(OC)c2)ncc1Cl. The molecule has 0 radical (unpaired) electrons. The summed E-state index contributed by atoms with van der Waals surface area (Å²) in [6.07, 6.45) is 1.46. The van der Waals surface area contributed by atoms with Crippen LogP contribution in [0.3, 0.4) is 0 Å². The molecule has 0 fully saturated rings. The summed E-state index contributed by atoms with van der Waals surface area (Å²) in [5.41, 5.74) is 1.63. The number of carbonyl (C=O) groups excluding carboxylic acids is 1. The highest BCUT2D eigenvalue weighted by Gasteiger charge is 2.15. The van der Waals surface area contributed by atoms with Crippen molar-refractivity contribution in [3.63, 3.8) is 0 Å². The van der Waals surface area contributed by atoms with Crippen LogP contribution >= 0.6 is 11.6 Å². The minimum Gasteiger partial charge on any atom is -0.493 e. The Kier molecular flexibility index (Phi) is 6.99. The molecule has 9 nitrogen and oxygen atoms in total. The van der Waals surface area contributed by atoms with E-state index in [9.17, 15) is 4.79 Å². The third kappa shape index (κ3) is 4.89. The zero-order valence-corrected chi connectivity index (χ0v) is 18.2. The average Bonchev–Trinajstić information content (AvgIpc) is 2.80. The second-order valence-corrected chi connectivity index (χ2v) is 6.59. The minimum absolute atomic E-state index is 0.232. The fourth-order valence-corrected chi connectivity index (χ4v) is 2.99. The number of hydrogen-bond donors (Lipinski definition) is 3. The van der Waals surface area contributed by atoms with Crippen molar-refractivity contribution >= 4 is 40.6 Å². The second kappa shape index (κ2) is 9.86. The number of anilines is 4. The van der Waals surface area contributed by atoms with Gasteiger partial charge in [-0.2, -0.15) is 4.98 Å². The fourth-order valence-electron chi connectivity index (χ4n) is 2.85. The highest BCUT2D eigenvalue weighted by molar-refractivity contribution is 6.33. The number of aromatic nitrogens is 2. The van der Waals surface area contributed by atoms with E-state index in [-0.39, 0.29) is 11.9 Å². The lowest BCUT2D eigenvalue weighted by Gasteiger charge is -2.15. The maximum Gasteiger partial charge on any atom is 0.253 e. The van der Waals surface area contributed by atoms with Gasteiger partial charge in [0.05, 0.1) is 38.8 Å². The van der Waals surface area contributed by atoms with E-state index in [1.165, 1.54) is 27.5 Å². The maximum atomic E-state index is 12.1. The molecule has 10 heteroatoms. The van der Waals surface area contributed by atoms with Crippen LogP contribution in [0.4, 0.5) is 23.1 Å². The van der Waals surface area contributed by atoms with Crippen molar-refractivity contribution in [2.45, 2.75) is 0 Å². The number of para-hydroxylation sites is 1. The monoisotopic (exact) mass is 443 g/mol. The molecule has 0 aliphatic heterocycles. The Morgan fingerprint density at radius 1 is 1.00 bits per heavy atom. The molecule has 0 unspecified atom stereocenters. The van der Waals surface area contributed by atoms with Crippen molar-refractivity contribution in [3.05, 3.63) is 53.2 Å². The van der Waals surface area contributed by atoms with Gasteiger partial charge < -0.3 is 30.2 Å². The zero-order chi connectivity index (χ0) is 22.4. The summed E-state index contributed by atoms with van der Waals surface area (Å²) < 4.78 is 16.1. The number of nitrogens with zero attached hydrogens (tertiary/aromatic N) is 2. The number of ether oxygens (including phenoxy) is 3. The van der Waals surface area contributed by atoms with Crippen molar-refractivity contribution in [1.82, 2.24) is 15.3 Å². The molecule has 1 amide bonds. The number of hydrogen-bond acceptors (Lipinski definition) is 8. The van der Waals surface area contributed by atoms with E-state index in [1.54, 1.807) is 43.4 Å². The van der Waals surface area contributed by atoms with E-state index in [1.807, 2.05) is 0 Å². The third-order valence-corrected chi connectivity index (χ3v) is 4.59. The maximum absolute atomic E-state index is 12.1. The predicted octanol–water partition coefficient (Wildman–Crippen LogP) is 4.00. The van der Waals surface area contributed by atoms with Gasteiger partial charge >= 0.3 is 0 Å². The molecule has 0 atom stereocenters. The molecular formula is C21H22ClN5O4. The molecule has 3 rings (SSSR count). The number of halogens is 1. The van der Waals surface area contributed by atoms with Gasteiger partial charge in [-0.3, -0.25) is 4.79 Å². The van der Waals surface area contributed by atoms with Crippen LogP contribution in [-0.2, 0) is 0 Å². The smallest absolute Gasteiger partial charge is 0.253 e. The fraction of sp³-hybridized carbons (Fsp3) is 0.190. The number of methoxy groups -OCH3 is 3. The Bertz CT molecular complexity index is 1070. The van der Waals surface area contributed by atoms with Crippen LogP contribution in [0.1, 0.15) is 10.4 Å². The molecule has 0 spiro atoms. The van der Waals surface area contributed by atoms with Crippen molar-refractivity contribution in [3.8, 4) is 17.2 Å². The lowest BCUT2D eigenvalue weighted by Crippen LogP contribution is -2.19. The van der Waals surface area contributed by atoms with Gasteiger partial charge in [-0.1, -0.05) is 23.7 Å². The summed E-state index contributed by atoms with van der Waals surface area (Å²) in [4.78, 5) is 20.8. The highest BCUT2D eigenvalue weighted by atomic mass is 35.5. The summed E-state index contributed by atoms with van der Waals surface area (Å²) in [6, 6.07) is 10.5. The van der Waals surface area contributed by atoms with E-state index in [0.717, 1.165) is 0 Å². The quantitative estimate of drug-likeness (QED) is 0.479. The summed E-state index contributed by atoms with van der Waals surface area (Å²) in [5.74, 6) is 1.82. The van der Waals surface area contributed by atoms with Crippen molar-refractivity contribution in [1.29, 1.82) is 0 Å². The van der Waals surface area contributed by atoms with Crippen LogP contribution in [0.5, 0.6) is 17.2 Å². The van der Waals surface area contributed by atoms with Crippen molar-refractivity contribution in [2.24, 2.45) is 0 Å². The van der Waals surface area contributed by atoms with Gasteiger partial charge in [-0.05, 0) is 12.1 Å². The van der Waals surface area contributed by atoms with Crippen LogP contribution in [-0.4, -0.2) is 44.3 Å². The van der Waals surface area contributed by atoms with Gasteiger partial charge in [0.2, 0.25) is 11.7 Å². The van der Waals surface area contributed by atoms with Gasteiger partial charge in [-0.15, -0.1) is 0 Å². The number of benzene rings is 2. The van der Waals surface area contributed by atoms with E-state index >= 15 is 0 Å². The Hall–Kier alpha value is -3.72. The normalized spacial score (nSPS) is 10.2. The van der Waals surface area contributed by atoms with E-state index in [2.05, 4.69) is 25.9 Å². The highest BCUT2D eigenvalue weighted by Crippen LogP contribution is 2.40. The van der Waals surface area contributed by atoms with E-state index in [0.29, 0.717) is 45.0 Å². The first-order valence-corrected chi connectivity index (χ1v) is 9.56. The summed E-state index contributed by atoms with van der Waals surface area (Å²) in [7, 11) is 6.16. The molecule has 31 heavy (non-hydrogen) atoms. The number of nitrogens with one attached hydrogen (secondary N) is 3. The van der Waals surface area contributed by atoms with E-state index < -0.39 is 0 Å². The lowest BCUT2D eigenvalue weighted by molar-refractivity contribution is 0.0964. The number of rotatable bonds is 8. The Balaban J connectivity index is 1.92. The largest absolute Gasteiger partial charge is 0.493 e. The summed E-state index contributed by atoms with van der Waals surface area (Å²) >= 11 is 6.28. The van der Waals surface area contributed by atoms with E-state index in [4.69, 9.17) is 25.8 Å². The first-order valence-electron chi connectivity index (χ1n) is 9.18. The molecule has 0 saturated heterocycles. The average molecular weight is 444 g/mol.